The molecule has 0 spiro atoms. The second-order valence-corrected chi connectivity index (χ2v) is 0. The normalized spacial score (nSPS) is 0. The van der Waals surface area contributed by atoms with Gasteiger partial charge in [0.25, 0.3) is 0 Å². The van der Waals surface area contributed by atoms with Gasteiger partial charge in [0.2, 0.25) is 0 Å². The summed E-state index contributed by atoms with van der Waals surface area (Å²) in [6.07, 6.45) is 0. The van der Waals surface area contributed by atoms with E-state index in [1.165, 1.54) is 0 Å². The minimum atomic E-state index is 0. The van der Waals surface area contributed by atoms with Crippen molar-refractivity contribution in [3.8, 4) is 0 Å². The molecule has 32 valence electrons. The Morgan fingerprint density at radius 1 is 0.429 bits per heavy atom. The molecule has 0 atom stereocenters. The summed E-state index contributed by atoms with van der Waals surface area (Å²) >= 11 is 0. The zero-order valence-electron chi connectivity index (χ0n) is 3.49. The number of hydrogen-bond acceptors (Lipinski definition) is 0. The molecule has 0 fully saturated rings. The van der Waals surface area contributed by atoms with Crippen LogP contribution in [0.3, 0.4) is 0 Å². The molecule has 0 N–H and O–H groups in total. The molecule has 7 heteroatoms. The third-order valence-corrected chi connectivity index (χ3v) is 0. The van der Waals surface area contributed by atoms with Gasteiger partial charge in [-0.25, -0.2) is 0 Å². The predicted octanol–water partition coefficient (Wildman–Crippen LogP) is -1.62. The van der Waals surface area contributed by atoms with Gasteiger partial charge in [-0.1, -0.05) is 0 Å². The molecule has 0 aliphatic carbocycles. The molecule has 4 nitrogen and oxygen atoms in total. The fourth-order valence-corrected chi connectivity index (χ4v) is 0. The topological polar surface area (TPSA) is 114 Å². The van der Waals surface area contributed by atoms with E-state index in [1.54, 1.807) is 0 Å². The quantitative estimate of drug-likeness (QED) is 0.477. The summed E-state index contributed by atoms with van der Waals surface area (Å²) in [6.45, 7) is 0. The molecule has 0 rings (SSSR count). The van der Waals surface area contributed by atoms with Crippen LogP contribution in [0.4, 0.5) is 0 Å². The Morgan fingerprint density at radius 3 is 0.429 bits per heavy atom. The standard InChI is InChI=1S/2Ga.4O.Sr/q2*+3;4*-2;+2. The Morgan fingerprint density at radius 2 is 0.429 bits per heavy atom. The summed E-state index contributed by atoms with van der Waals surface area (Å²) in [5, 5.41) is 0. The molecule has 0 amide bonds. The van der Waals surface area contributed by atoms with E-state index < -0.39 is 0 Å². The fourth-order valence-electron chi connectivity index (χ4n) is 0. The van der Waals surface area contributed by atoms with E-state index in [1.807, 2.05) is 0 Å². The number of rotatable bonds is 0. The van der Waals surface area contributed by atoms with Crippen molar-refractivity contribution in [2.75, 3.05) is 0 Å². The Hall–Kier alpha value is 2.59. The van der Waals surface area contributed by atoms with E-state index in [0.717, 1.165) is 0 Å². The van der Waals surface area contributed by atoms with Crippen LogP contribution in [0.15, 0.2) is 0 Å². The Balaban J connectivity index is 0. The van der Waals surface area contributed by atoms with Crippen LogP contribution in [0.1, 0.15) is 0 Å². The van der Waals surface area contributed by atoms with Crippen molar-refractivity contribution < 1.29 is 21.9 Å². The van der Waals surface area contributed by atoms with Crippen LogP contribution in [0.5, 0.6) is 0 Å². The van der Waals surface area contributed by atoms with Gasteiger partial charge < -0.3 is 21.9 Å². The van der Waals surface area contributed by atoms with Gasteiger partial charge in [-0.3, -0.25) is 0 Å². The predicted molar refractivity (Wildman–Crippen MR) is 20.0 cm³/mol. The molecular weight excluding hydrogens is 291 g/mol. The Labute approximate surface area is 105 Å². The zero-order valence-corrected chi connectivity index (χ0v) is 11.8. The van der Waals surface area contributed by atoms with E-state index >= 15 is 0 Å². The van der Waals surface area contributed by atoms with Gasteiger partial charge in [-0.2, -0.15) is 0 Å². The van der Waals surface area contributed by atoms with Crippen LogP contribution in [0, 0.1) is 0 Å². The van der Waals surface area contributed by atoms with Gasteiger partial charge in [0.05, 0.1) is 0 Å². The smallest absolute Gasteiger partial charge is 2.00 e. The third kappa shape index (κ3) is 55.5. The SMILES string of the molecule is [Ga+3].[Ga+3].[O-2].[O-2].[O-2].[O-2].[Sr+2]. The number of hydrogen-bond donors (Lipinski definition) is 0. The van der Waals surface area contributed by atoms with Crippen molar-refractivity contribution in [1.82, 2.24) is 0 Å². The molecule has 0 aromatic heterocycles. The Kier molecular flexibility index (Phi) is 1110. The van der Waals surface area contributed by atoms with E-state index in [4.69, 9.17) is 0 Å². The largest absolute Gasteiger partial charge is 3.00 e. The van der Waals surface area contributed by atoms with Crippen LogP contribution in [0.2, 0.25) is 0 Å². The van der Waals surface area contributed by atoms with Gasteiger partial charge in [0.1, 0.15) is 0 Å². The van der Waals surface area contributed by atoms with Crippen LogP contribution in [-0.2, 0) is 21.9 Å². The van der Waals surface area contributed by atoms with Crippen LogP contribution in [0.25, 0.3) is 0 Å². The molecule has 0 saturated carbocycles. The van der Waals surface area contributed by atoms with Crippen LogP contribution < -0.4 is 0 Å². The van der Waals surface area contributed by atoms with Gasteiger partial charge >= 0.3 is 85.1 Å². The first kappa shape index (κ1) is 105. The maximum Gasteiger partial charge on any atom is 3.00 e. The molecule has 0 heterocycles. The molecule has 0 aromatic carbocycles. The summed E-state index contributed by atoms with van der Waals surface area (Å²) in [5.74, 6) is 0. The molecule has 0 aromatic rings. The maximum absolute atomic E-state index is 0. The third-order valence-electron chi connectivity index (χ3n) is 0. The monoisotopic (exact) mass is 290 g/mol. The summed E-state index contributed by atoms with van der Waals surface area (Å²) in [6, 6.07) is 0. The summed E-state index contributed by atoms with van der Waals surface area (Å²) in [4.78, 5) is 0. The molecule has 0 unspecified atom stereocenters. The van der Waals surface area contributed by atoms with Crippen molar-refractivity contribution in [3.05, 3.63) is 0 Å². The Bertz CT molecular complexity index is 9.65. The van der Waals surface area contributed by atoms with Crippen LogP contribution in [-0.4, -0.2) is 85.1 Å². The van der Waals surface area contributed by atoms with E-state index in [0.29, 0.717) is 0 Å². The fraction of sp³-hybridized carbons (Fsp3) is 0. The molecular formula is Ga2O4Sr. The zero-order chi connectivity index (χ0) is 0. The van der Waals surface area contributed by atoms with Gasteiger partial charge in [-0.15, -0.1) is 0 Å². The van der Waals surface area contributed by atoms with E-state index in [-0.39, 0.29) is 107 Å². The summed E-state index contributed by atoms with van der Waals surface area (Å²) < 4.78 is 0. The molecule has 0 saturated heterocycles. The first-order valence-electron chi connectivity index (χ1n) is 0. The maximum atomic E-state index is 0. The van der Waals surface area contributed by atoms with E-state index in [2.05, 4.69) is 0 Å². The van der Waals surface area contributed by atoms with Crippen molar-refractivity contribution in [2.24, 2.45) is 0 Å². The molecule has 0 aliphatic rings. The van der Waals surface area contributed by atoms with Crippen molar-refractivity contribution in [3.63, 3.8) is 0 Å². The molecule has 0 bridgehead atoms. The second kappa shape index (κ2) is 73.7. The van der Waals surface area contributed by atoms with Gasteiger partial charge in [0.15, 0.2) is 0 Å². The average molecular weight is 291 g/mol. The van der Waals surface area contributed by atoms with Gasteiger partial charge in [0, 0.05) is 0 Å². The van der Waals surface area contributed by atoms with Crippen molar-refractivity contribution in [1.29, 1.82) is 0 Å². The van der Waals surface area contributed by atoms with Crippen molar-refractivity contribution in [2.45, 2.75) is 0 Å². The molecule has 7 heavy (non-hydrogen) atoms. The van der Waals surface area contributed by atoms with E-state index in [9.17, 15) is 0 Å². The minimum absolute atomic E-state index is 0. The first-order valence-corrected chi connectivity index (χ1v) is 0. The first-order chi connectivity index (χ1) is 0. The second-order valence-electron chi connectivity index (χ2n) is 0. The molecule has 0 aliphatic heterocycles. The van der Waals surface area contributed by atoms with Crippen molar-refractivity contribution >= 4 is 85.1 Å². The summed E-state index contributed by atoms with van der Waals surface area (Å²) in [5.41, 5.74) is 0. The molecule has 0 radical (unpaired) electrons. The van der Waals surface area contributed by atoms with Gasteiger partial charge in [-0.05, 0) is 0 Å². The van der Waals surface area contributed by atoms with Crippen LogP contribution >= 0.6 is 0 Å². The average Bonchev–Trinajstić information content (AvgIpc) is 0. The summed E-state index contributed by atoms with van der Waals surface area (Å²) in [7, 11) is 0. The minimum Gasteiger partial charge on any atom is -2.00 e.